The van der Waals surface area contributed by atoms with Crippen LogP contribution in [0.25, 0.3) is 0 Å². The summed E-state index contributed by atoms with van der Waals surface area (Å²) in [5.74, 6) is -0.350. The highest BCUT2D eigenvalue weighted by molar-refractivity contribution is 6.06. The summed E-state index contributed by atoms with van der Waals surface area (Å²) in [6, 6.07) is 25.6. The van der Waals surface area contributed by atoms with Crippen molar-refractivity contribution in [1.82, 2.24) is 0 Å². The van der Waals surface area contributed by atoms with E-state index in [1.807, 2.05) is 60.7 Å². The first-order valence-corrected chi connectivity index (χ1v) is 8.34. The molecule has 5 heteroatoms. The molecule has 1 fully saturated rings. The minimum atomic E-state index is -0.433. The van der Waals surface area contributed by atoms with E-state index >= 15 is 0 Å². The number of non-ortho nitro benzene ring substituents is 1. The molecule has 1 saturated heterocycles. The minimum absolute atomic E-state index is 0.00101. The molecule has 0 aromatic heterocycles. The minimum Gasteiger partial charge on any atom is -0.303 e. The van der Waals surface area contributed by atoms with E-state index in [2.05, 4.69) is 0 Å². The summed E-state index contributed by atoms with van der Waals surface area (Å²) in [6.07, 6.45) is 0. The molecule has 0 radical (unpaired) electrons. The average Bonchev–Trinajstić information content (AvgIpc) is 2.68. The summed E-state index contributed by atoms with van der Waals surface area (Å²) in [5, 5.41) is 10.9. The number of amides is 1. The molecule has 0 unspecified atom stereocenters. The largest absolute Gasteiger partial charge is 0.303 e. The molecule has 1 amide bonds. The van der Waals surface area contributed by atoms with Crippen LogP contribution in [0.1, 0.15) is 23.1 Å². The fraction of sp³-hybridized carbons (Fsp3) is 0.0952. The van der Waals surface area contributed by atoms with Crippen molar-refractivity contribution in [2.24, 2.45) is 0 Å². The highest BCUT2D eigenvalue weighted by Gasteiger charge is 2.49. The highest BCUT2D eigenvalue weighted by Crippen LogP contribution is 2.48. The van der Waals surface area contributed by atoms with Gasteiger partial charge in [-0.05, 0) is 23.3 Å². The Balaban J connectivity index is 1.74. The number of nitro groups is 1. The highest BCUT2D eigenvalue weighted by atomic mass is 16.6. The van der Waals surface area contributed by atoms with E-state index in [1.54, 1.807) is 17.0 Å². The number of rotatable bonds is 4. The molecule has 1 aliphatic rings. The molecule has 1 aliphatic heterocycles. The SMILES string of the molecule is O=C1[C@H](c2ccc([N+](=O)[O-])cc2)[C@@H](c2ccccc2)N1c1ccccc1. The van der Waals surface area contributed by atoms with Crippen molar-refractivity contribution in [3.8, 4) is 0 Å². The van der Waals surface area contributed by atoms with Crippen LogP contribution in [0, 0.1) is 10.1 Å². The molecule has 3 aromatic carbocycles. The predicted molar refractivity (Wildman–Crippen MR) is 98.9 cm³/mol. The van der Waals surface area contributed by atoms with Crippen molar-refractivity contribution in [3.05, 3.63) is 106 Å². The molecule has 5 nitrogen and oxygen atoms in total. The number of para-hydroxylation sites is 1. The van der Waals surface area contributed by atoms with Crippen LogP contribution in [0.4, 0.5) is 11.4 Å². The van der Waals surface area contributed by atoms with Crippen LogP contribution >= 0.6 is 0 Å². The van der Waals surface area contributed by atoms with E-state index in [9.17, 15) is 14.9 Å². The predicted octanol–water partition coefficient (Wildman–Crippen LogP) is 4.47. The quantitative estimate of drug-likeness (QED) is 0.398. The zero-order valence-electron chi connectivity index (χ0n) is 13.9. The molecule has 0 saturated carbocycles. The van der Waals surface area contributed by atoms with Gasteiger partial charge in [0.05, 0.1) is 16.9 Å². The van der Waals surface area contributed by atoms with Crippen LogP contribution in [0.2, 0.25) is 0 Å². The topological polar surface area (TPSA) is 63.4 Å². The van der Waals surface area contributed by atoms with E-state index in [1.165, 1.54) is 12.1 Å². The third-order valence-corrected chi connectivity index (χ3v) is 4.74. The maximum atomic E-state index is 13.0. The number of anilines is 1. The molecule has 128 valence electrons. The number of nitro benzene ring substituents is 1. The van der Waals surface area contributed by atoms with Gasteiger partial charge in [-0.2, -0.15) is 0 Å². The molecular formula is C21H16N2O3. The molecule has 0 N–H and O–H groups in total. The number of carbonyl (C=O) groups excluding carboxylic acids is 1. The summed E-state index contributed by atoms with van der Waals surface area (Å²) < 4.78 is 0. The smallest absolute Gasteiger partial charge is 0.269 e. The Morgan fingerprint density at radius 2 is 1.35 bits per heavy atom. The Hall–Kier alpha value is -3.47. The van der Waals surface area contributed by atoms with Crippen LogP contribution in [0.5, 0.6) is 0 Å². The van der Waals surface area contributed by atoms with Crippen molar-refractivity contribution in [2.75, 3.05) is 4.90 Å². The van der Waals surface area contributed by atoms with Gasteiger partial charge >= 0.3 is 0 Å². The maximum Gasteiger partial charge on any atom is 0.269 e. The second-order valence-corrected chi connectivity index (χ2v) is 6.23. The van der Waals surface area contributed by atoms with Gasteiger partial charge in [0, 0.05) is 17.8 Å². The first-order valence-electron chi connectivity index (χ1n) is 8.34. The molecule has 1 heterocycles. The van der Waals surface area contributed by atoms with Crippen molar-refractivity contribution in [1.29, 1.82) is 0 Å². The van der Waals surface area contributed by atoms with Gasteiger partial charge in [0.15, 0.2) is 0 Å². The van der Waals surface area contributed by atoms with Crippen molar-refractivity contribution >= 4 is 17.3 Å². The number of carbonyl (C=O) groups is 1. The molecule has 0 aliphatic carbocycles. The van der Waals surface area contributed by atoms with E-state index in [-0.39, 0.29) is 23.6 Å². The number of β-lactam (4-membered cyclic amide) rings is 1. The van der Waals surface area contributed by atoms with E-state index in [0.29, 0.717) is 0 Å². The lowest BCUT2D eigenvalue weighted by Gasteiger charge is -2.47. The summed E-state index contributed by atoms with van der Waals surface area (Å²) in [5.41, 5.74) is 2.71. The molecule has 0 bridgehead atoms. The maximum absolute atomic E-state index is 13.0. The van der Waals surface area contributed by atoms with Crippen LogP contribution in [0.15, 0.2) is 84.9 Å². The Labute approximate surface area is 150 Å². The second-order valence-electron chi connectivity index (χ2n) is 6.23. The van der Waals surface area contributed by atoms with Crippen LogP contribution in [-0.2, 0) is 4.79 Å². The first kappa shape index (κ1) is 16.0. The monoisotopic (exact) mass is 344 g/mol. The van der Waals surface area contributed by atoms with Gasteiger partial charge in [-0.25, -0.2) is 0 Å². The van der Waals surface area contributed by atoms with E-state index in [4.69, 9.17) is 0 Å². The lowest BCUT2D eigenvalue weighted by molar-refractivity contribution is -0.384. The van der Waals surface area contributed by atoms with Gasteiger partial charge in [0.1, 0.15) is 0 Å². The third-order valence-electron chi connectivity index (χ3n) is 4.74. The molecule has 3 aromatic rings. The normalized spacial score (nSPS) is 19.1. The Kier molecular flexibility index (Phi) is 3.97. The standard InChI is InChI=1S/C21H16N2O3/c24-21-19(15-11-13-18(14-12-15)23(25)26)20(16-7-3-1-4-8-16)22(21)17-9-5-2-6-10-17/h1-14,19-20H/t19-,20-/m1/s1. The fourth-order valence-electron chi connectivity index (χ4n) is 3.49. The molecule has 26 heavy (non-hydrogen) atoms. The zero-order valence-corrected chi connectivity index (χ0v) is 13.9. The number of benzene rings is 3. The van der Waals surface area contributed by atoms with Crippen LogP contribution in [-0.4, -0.2) is 10.8 Å². The molecule has 4 rings (SSSR count). The van der Waals surface area contributed by atoms with Crippen molar-refractivity contribution < 1.29 is 9.72 Å². The lowest BCUT2D eigenvalue weighted by atomic mass is 9.77. The van der Waals surface area contributed by atoms with Gasteiger partial charge in [-0.3, -0.25) is 14.9 Å². The van der Waals surface area contributed by atoms with Gasteiger partial charge in [-0.15, -0.1) is 0 Å². The van der Waals surface area contributed by atoms with Gasteiger partial charge in [0.25, 0.3) is 5.69 Å². The van der Waals surface area contributed by atoms with E-state index < -0.39 is 4.92 Å². The summed E-state index contributed by atoms with van der Waals surface area (Å²) in [7, 11) is 0. The van der Waals surface area contributed by atoms with E-state index in [0.717, 1.165) is 16.8 Å². The lowest BCUT2D eigenvalue weighted by Crippen LogP contribution is -2.53. The summed E-state index contributed by atoms with van der Waals surface area (Å²) in [6.45, 7) is 0. The van der Waals surface area contributed by atoms with Gasteiger partial charge in [0.2, 0.25) is 5.91 Å². The summed E-state index contributed by atoms with van der Waals surface area (Å²) in [4.78, 5) is 25.2. The Morgan fingerprint density at radius 1 is 0.769 bits per heavy atom. The first-order chi connectivity index (χ1) is 12.7. The number of nitrogens with zero attached hydrogens (tertiary/aromatic N) is 2. The van der Waals surface area contributed by atoms with Crippen LogP contribution < -0.4 is 4.90 Å². The molecule has 0 spiro atoms. The van der Waals surface area contributed by atoms with Crippen molar-refractivity contribution in [3.63, 3.8) is 0 Å². The molecule has 2 atom stereocenters. The van der Waals surface area contributed by atoms with Crippen LogP contribution in [0.3, 0.4) is 0 Å². The number of hydrogen-bond acceptors (Lipinski definition) is 3. The zero-order chi connectivity index (χ0) is 18.1. The third kappa shape index (κ3) is 2.63. The average molecular weight is 344 g/mol. The fourth-order valence-corrected chi connectivity index (χ4v) is 3.49. The molecular weight excluding hydrogens is 328 g/mol. The van der Waals surface area contributed by atoms with Gasteiger partial charge < -0.3 is 4.90 Å². The van der Waals surface area contributed by atoms with Gasteiger partial charge in [-0.1, -0.05) is 60.7 Å². The number of hydrogen-bond donors (Lipinski definition) is 0. The second kappa shape index (κ2) is 6.44. The van der Waals surface area contributed by atoms with Crippen molar-refractivity contribution in [2.45, 2.75) is 12.0 Å². The Morgan fingerprint density at radius 3 is 1.92 bits per heavy atom. The Bertz CT molecular complexity index is 940. The summed E-state index contributed by atoms with van der Waals surface area (Å²) >= 11 is 0.